The summed E-state index contributed by atoms with van der Waals surface area (Å²) < 4.78 is 2.26. The molecule has 0 radical (unpaired) electrons. The molecule has 2 heterocycles. The Morgan fingerprint density at radius 1 is 0.359 bits per heavy atom. The second kappa shape index (κ2) is 14.1. The normalized spacial score (nSPS) is 12.8. The third-order valence-electron chi connectivity index (χ3n) is 13.2. The van der Waals surface area contributed by atoms with Crippen molar-refractivity contribution >= 4 is 31.5 Å². The highest BCUT2D eigenvalue weighted by molar-refractivity contribution is 7.25. The summed E-state index contributed by atoms with van der Waals surface area (Å²) in [6, 6.07) is 76.0. The van der Waals surface area contributed by atoms with Crippen LogP contribution in [0, 0.1) is 11.3 Å². The summed E-state index contributed by atoms with van der Waals surface area (Å²) in [4.78, 5) is 15.3. The SMILES string of the molecule is N#Cc1ccc2sc3cc(-c4nc(-c5ccccc5)nc(-c5cccc(-c6cccc(-c7cccc8c7C7(c9ccccc9-c9ccccc97)c7ccccc7-8)c6)c5)n4)ccc3c2c1. The van der Waals surface area contributed by atoms with Crippen molar-refractivity contribution in [3.63, 3.8) is 0 Å². The van der Waals surface area contributed by atoms with E-state index in [9.17, 15) is 5.26 Å². The predicted molar refractivity (Wildman–Crippen MR) is 261 cm³/mol. The highest BCUT2D eigenvalue weighted by Gasteiger charge is 2.52. The molecule has 2 aromatic heterocycles. The standard InChI is InChI=1S/C59H34N4S/c60-35-36-27-30-53-49(31-36)47-29-28-42(34-54(47)64-53)58-62-56(37-13-2-1-3-14-37)61-57(63-58)41-18-11-16-39(33-41)38-15-10-17-40(32-38)43-22-12-23-48-46-21-6-9-26-52(46)59(55(43)48)50-24-7-4-19-44(50)45-20-5-8-25-51(45)59/h1-34H. The lowest BCUT2D eigenvalue weighted by Gasteiger charge is -2.32. The van der Waals surface area contributed by atoms with Gasteiger partial charge in [-0.2, -0.15) is 5.26 Å². The number of nitriles is 1. The highest BCUT2D eigenvalue weighted by Crippen LogP contribution is 2.64. The summed E-state index contributed by atoms with van der Waals surface area (Å²) in [5.41, 5.74) is 18.1. The molecule has 13 rings (SSSR count). The van der Waals surface area contributed by atoms with E-state index >= 15 is 0 Å². The van der Waals surface area contributed by atoms with E-state index < -0.39 is 5.41 Å². The van der Waals surface area contributed by atoms with Gasteiger partial charge in [0.25, 0.3) is 0 Å². The van der Waals surface area contributed by atoms with Crippen LogP contribution >= 0.6 is 11.3 Å². The average molecular weight is 831 g/mol. The van der Waals surface area contributed by atoms with Crippen molar-refractivity contribution in [1.82, 2.24) is 15.0 Å². The number of fused-ring (bicyclic) bond motifs is 13. The zero-order valence-corrected chi connectivity index (χ0v) is 35.1. The maximum atomic E-state index is 9.56. The Morgan fingerprint density at radius 2 is 0.859 bits per heavy atom. The Bertz CT molecular complexity index is 3700. The first kappa shape index (κ1) is 36.4. The van der Waals surface area contributed by atoms with Crippen LogP contribution in [0.15, 0.2) is 206 Å². The van der Waals surface area contributed by atoms with E-state index in [2.05, 4.69) is 164 Å². The molecule has 0 atom stereocenters. The molecule has 0 saturated heterocycles. The van der Waals surface area contributed by atoms with Crippen LogP contribution in [0.5, 0.6) is 0 Å². The topological polar surface area (TPSA) is 62.5 Å². The number of rotatable bonds is 5. The minimum atomic E-state index is -0.444. The molecule has 296 valence electrons. The fourth-order valence-corrected chi connectivity index (χ4v) is 11.6. The van der Waals surface area contributed by atoms with E-state index in [0.717, 1.165) is 48.0 Å². The van der Waals surface area contributed by atoms with Crippen LogP contribution < -0.4 is 0 Å². The molecule has 0 N–H and O–H groups in total. The van der Waals surface area contributed by atoms with Gasteiger partial charge in [0.05, 0.1) is 17.0 Å². The molecule has 11 aromatic rings. The van der Waals surface area contributed by atoms with E-state index in [0.29, 0.717) is 23.0 Å². The molecule has 9 aromatic carbocycles. The van der Waals surface area contributed by atoms with E-state index in [-0.39, 0.29) is 0 Å². The van der Waals surface area contributed by atoms with Crippen LogP contribution in [0.2, 0.25) is 0 Å². The predicted octanol–water partition coefficient (Wildman–Crippen LogP) is 14.8. The second-order valence-corrected chi connectivity index (χ2v) is 17.7. The molecule has 2 aliphatic rings. The van der Waals surface area contributed by atoms with Crippen molar-refractivity contribution in [3.8, 4) is 84.7 Å². The lowest BCUT2D eigenvalue weighted by Crippen LogP contribution is -2.26. The minimum absolute atomic E-state index is 0.444. The first-order chi connectivity index (χ1) is 31.7. The maximum absolute atomic E-state index is 9.56. The fourth-order valence-electron chi connectivity index (χ4n) is 10.4. The van der Waals surface area contributed by atoms with Gasteiger partial charge in [-0.15, -0.1) is 11.3 Å². The summed E-state index contributed by atoms with van der Waals surface area (Å²) in [7, 11) is 0. The third-order valence-corrected chi connectivity index (χ3v) is 14.3. The van der Waals surface area contributed by atoms with Crippen molar-refractivity contribution in [3.05, 3.63) is 234 Å². The van der Waals surface area contributed by atoms with Gasteiger partial charge in [0.2, 0.25) is 0 Å². The molecular formula is C59H34N4S. The molecule has 2 aliphatic carbocycles. The van der Waals surface area contributed by atoms with Gasteiger partial charge in [0.1, 0.15) is 0 Å². The smallest absolute Gasteiger partial charge is 0.164 e. The van der Waals surface area contributed by atoms with Crippen molar-refractivity contribution in [2.75, 3.05) is 0 Å². The van der Waals surface area contributed by atoms with Crippen LogP contribution in [0.1, 0.15) is 27.8 Å². The Labute approximate surface area is 374 Å². The number of nitrogens with zero attached hydrogens (tertiary/aromatic N) is 4. The summed E-state index contributed by atoms with van der Waals surface area (Å²) in [5.74, 6) is 1.83. The molecule has 0 fully saturated rings. The van der Waals surface area contributed by atoms with Gasteiger partial charge in [-0.25, -0.2) is 15.0 Å². The van der Waals surface area contributed by atoms with Crippen LogP contribution in [-0.2, 0) is 5.41 Å². The number of hydrogen-bond acceptors (Lipinski definition) is 5. The average Bonchev–Trinajstić information content (AvgIpc) is 4.00. The van der Waals surface area contributed by atoms with Crippen molar-refractivity contribution < 1.29 is 0 Å². The van der Waals surface area contributed by atoms with Gasteiger partial charge in [0, 0.05) is 36.9 Å². The minimum Gasteiger partial charge on any atom is -0.208 e. The van der Waals surface area contributed by atoms with Crippen molar-refractivity contribution in [2.45, 2.75) is 5.41 Å². The summed E-state index contributed by atoms with van der Waals surface area (Å²) >= 11 is 1.71. The molecule has 0 saturated carbocycles. The Balaban J connectivity index is 0.940. The second-order valence-electron chi connectivity index (χ2n) is 16.6. The Hall–Kier alpha value is -8.30. The van der Waals surface area contributed by atoms with Crippen LogP contribution in [0.25, 0.3) is 98.8 Å². The van der Waals surface area contributed by atoms with E-state index in [1.807, 2.05) is 48.5 Å². The van der Waals surface area contributed by atoms with Gasteiger partial charge in [-0.05, 0) is 103 Å². The molecule has 64 heavy (non-hydrogen) atoms. The molecule has 1 spiro atoms. The molecule has 4 nitrogen and oxygen atoms in total. The number of aromatic nitrogens is 3. The quantitative estimate of drug-likeness (QED) is 0.173. The third kappa shape index (κ3) is 5.37. The Kier molecular flexibility index (Phi) is 8.02. The van der Waals surface area contributed by atoms with Crippen LogP contribution in [-0.4, -0.2) is 15.0 Å². The van der Waals surface area contributed by atoms with Gasteiger partial charge in [-0.3, -0.25) is 0 Å². The maximum Gasteiger partial charge on any atom is 0.164 e. The van der Waals surface area contributed by atoms with Gasteiger partial charge in [0.15, 0.2) is 17.5 Å². The molecule has 5 heteroatoms. The summed E-state index contributed by atoms with van der Waals surface area (Å²) in [5, 5.41) is 11.8. The number of hydrogen-bond donors (Lipinski definition) is 0. The first-order valence-corrected chi connectivity index (χ1v) is 22.3. The molecular weight excluding hydrogens is 797 g/mol. The molecule has 0 amide bonds. The molecule has 0 bridgehead atoms. The van der Waals surface area contributed by atoms with Crippen LogP contribution in [0.3, 0.4) is 0 Å². The lowest BCUT2D eigenvalue weighted by molar-refractivity contribution is 0.796. The zero-order valence-electron chi connectivity index (χ0n) is 34.3. The van der Waals surface area contributed by atoms with E-state index in [4.69, 9.17) is 15.0 Å². The first-order valence-electron chi connectivity index (χ1n) is 21.5. The van der Waals surface area contributed by atoms with Gasteiger partial charge >= 0.3 is 0 Å². The Morgan fingerprint density at radius 3 is 1.53 bits per heavy atom. The summed E-state index contributed by atoms with van der Waals surface area (Å²) in [6.07, 6.45) is 0. The van der Waals surface area contributed by atoms with Gasteiger partial charge < -0.3 is 0 Å². The van der Waals surface area contributed by atoms with Crippen LogP contribution in [0.4, 0.5) is 0 Å². The number of thiophene rings is 1. The lowest BCUT2D eigenvalue weighted by atomic mass is 9.68. The molecule has 0 aliphatic heterocycles. The fraction of sp³-hybridized carbons (Fsp3) is 0.0169. The monoisotopic (exact) mass is 830 g/mol. The van der Waals surface area contributed by atoms with E-state index in [1.165, 1.54) is 55.6 Å². The van der Waals surface area contributed by atoms with Crippen molar-refractivity contribution in [1.29, 1.82) is 5.26 Å². The molecule has 0 unspecified atom stereocenters. The van der Waals surface area contributed by atoms with E-state index in [1.54, 1.807) is 11.3 Å². The largest absolute Gasteiger partial charge is 0.208 e. The van der Waals surface area contributed by atoms with Crippen molar-refractivity contribution in [2.24, 2.45) is 0 Å². The highest BCUT2D eigenvalue weighted by atomic mass is 32.1. The van der Waals surface area contributed by atoms with Gasteiger partial charge in [-0.1, -0.05) is 170 Å². The number of benzene rings is 9. The zero-order chi connectivity index (χ0) is 42.4. The summed E-state index contributed by atoms with van der Waals surface area (Å²) in [6.45, 7) is 0.